The summed E-state index contributed by atoms with van der Waals surface area (Å²) in [6.07, 6.45) is 0. The van der Waals surface area contributed by atoms with Crippen molar-refractivity contribution in [1.29, 1.82) is 0 Å². The summed E-state index contributed by atoms with van der Waals surface area (Å²) >= 11 is 0. The zero-order valence-corrected chi connectivity index (χ0v) is 17.2. The van der Waals surface area contributed by atoms with Gasteiger partial charge in [0.1, 0.15) is 0 Å². The summed E-state index contributed by atoms with van der Waals surface area (Å²) in [6.45, 7) is 18.1. The Hall–Kier alpha value is -1.60. The molecule has 1 N–H and O–H groups in total. The maximum atomic E-state index is 10.00. The monoisotopic (exact) mass is 338 g/mol. The molecule has 136 valence electrons. The summed E-state index contributed by atoms with van der Waals surface area (Å²) in [5.74, 6) is 1.40. The first-order valence-electron chi connectivity index (χ1n) is 9.57. The molecule has 0 saturated carbocycles. The molecule has 0 fully saturated rings. The molecule has 0 heterocycles. The summed E-state index contributed by atoms with van der Waals surface area (Å²) in [6, 6.07) is 8.98. The lowest BCUT2D eigenvalue weighted by molar-refractivity contribution is 0.282. The summed E-state index contributed by atoms with van der Waals surface area (Å²) < 4.78 is 0. The van der Waals surface area contributed by atoms with Crippen LogP contribution < -0.4 is 0 Å². The van der Waals surface area contributed by atoms with Crippen LogP contribution in [0.4, 0.5) is 0 Å². The second-order valence-corrected chi connectivity index (χ2v) is 8.24. The summed E-state index contributed by atoms with van der Waals surface area (Å²) in [7, 11) is 0. The van der Waals surface area contributed by atoms with Gasteiger partial charge in [0.25, 0.3) is 0 Å². The van der Waals surface area contributed by atoms with Gasteiger partial charge in [0.05, 0.1) is 6.61 Å². The molecule has 2 aromatic carbocycles. The average Bonchev–Trinajstić information content (AvgIpc) is 2.55. The lowest BCUT2D eigenvalue weighted by Crippen LogP contribution is -2.07. The van der Waals surface area contributed by atoms with Crippen molar-refractivity contribution in [3.8, 4) is 11.1 Å². The second kappa shape index (κ2) is 7.74. The van der Waals surface area contributed by atoms with Gasteiger partial charge in [0.15, 0.2) is 0 Å². The van der Waals surface area contributed by atoms with E-state index in [9.17, 15) is 5.11 Å². The molecule has 0 unspecified atom stereocenters. The number of benzene rings is 2. The number of rotatable bonds is 5. The minimum absolute atomic E-state index is 0.0808. The molecule has 0 amide bonds. The average molecular weight is 339 g/mol. The predicted octanol–water partition coefficient (Wildman–Crippen LogP) is 6.83. The number of aliphatic hydroxyl groups is 1. The van der Waals surface area contributed by atoms with Gasteiger partial charge in [-0.3, -0.25) is 0 Å². The Morgan fingerprint density at radius 2 is 1.28 bits per heavy atom. The van der Waals surface area contributed by atoms with Gasteiger partial charge in [-0.2, -0.15) is 0 Å². The number of aliphatic hydroxyl groups excluding tert-OH is 1. The quantitative estimate of drug-likeness (QED) is 0.633. The number of aryl methyl sites for hydroxylation is 1. The molecule has 0 spiro atoms. The Bertz CT molecular complexity index is 722. The normalized spacial score (nSPS) is 11.8. The van der Waals surface area contributed by atoms with Crippen molar-refractivity contribution in [3.63, 3.8) is 0 Å². The highest BCUT2D eigenvalue weighted by atomic mass is 16.3. The van der Waals surface area contributed by atoms with Crippen LogP contribution in [0, 0.1) is 13.8 Å². The van der Waals surface area contributed by atoms with Crippen LogP contribution in [0.1, 0.15) is 92.7 Å². The van der Waals surface area contributed by atoms with E-state index in [0.29, 0.717) is 17.8 Å². The van der Waals surface area contributed by atoms with E-state index in [1.165, 1.54) is 38.9 Å². The van der Waals surface area contributed by atoms with Gasteiger partial charge < -0.3 is 5.11 Å². The molecule has 0 aliphatic carbocycles. The Kier molecular flexibility index (Phi) is 6.11. The van der Waals surface area contributed by atoms with Crippen LogP contribution in [0.25, 0.3) is 11.1 Å². The minimum Gasteiger partial charge on any atom is -0.392 e. The largest absolute Gasteiger partial charge is 0.392 e. The predicted molar refractivity (Wildman–Crippen MR) is 110 cm³/mol. The molecule has 0 aromatic heterocycles. The third-order valence-corrected chi connectivity index (χ3v) is 5.37. The van der Waals surface area contributed by atoms with Gasteiger partial charge in [0, 0.05) is 0 Å². The Labute approximate surface area is 154 Å². The van der Waals surface area contributed by atoms with Gasteiger partial charge in [-0.25, -0.2) is 0 Å². The SMILES string of the molecule is Cc1ccc(CO)c(-c2c(C(C)C)cc(C(C)C)cc2C(C)C)c1C. The third-order valence-electron chi connectivity index (χ3n) is 5.37. The Morgan fingerprint density at radius 1 is 0.760 bits per heavy atom. The van der Waals surface area contributed by atoms with E-state index in [1.807, 2.05) is 0 Å². The highest BCUT2D eigenvalue weighted by Crippen LogP contribution is 2.42. The molecule has 2 aromatic rings. The fourth-order valence-electron chi connectivity index (χ4n) is 3.60. The third kappa shape index (κ3) is 3.82. The van der Waals surface area contributed by atoms with Crippen LogP contribution in [0.5, 0.6) is 0 Å². The van der Waals surface area contributed by atoms with Gasteiger partial charge in [-0.05, 0) is 76.1 Å². The second-order valence-electron chi connectivity index (χ2n) is 8.24. The van der Waals surface area contributed by atoms with E-state index in [-0.39, 0.29) is 6.61 Å². The Balaban J connectivity index is 2.97. The molecule has 1 heteroatoms. The molecule has 0 radical (unpaired) electrons. The number of hydrogen-bond donors (Lipinski definition) is 1. The number of hydrogen-bond acceptors (Lipinski definition) is 1. The van der Waals surface area contributed by atoms with Gasteiger partial charge in [-0.15, -0.1) is 0 Å². The van der Waals surface area contributed by atoms with Gasteiger partial charge in [0.2, 0.25) is 0 Å². The van der Waals surface area contributed by atoms with Crippen LogP contribution in [0.3, 0.4) is 0 Å². The van der Waals surface area contributed by atoms with E-state index < -0.39 is 0 Å². The molecule has 2 rings (SSSR count). The van der Waals surface area contributed by atoms with Crippen LogP contribution in [0.15, 0.2) is 24.3 Å². The zero-order valence-electron chi connectivity index (χ0n) is 17.2. The van der Waals surface area contributed by atoms with E-state index in [2.05, 4.69) is 79.7 Å². The van der Waals surface area contributed by atoms with E-state index in [1.54, 1.807) is 0 Å². The standard InChI is InChI=1S/C24H34O/c1-14(2)20-11-21(15(3)4)24(22(12-20)16(5)6)23-18(8)17(7)9-10-19(23)13-25/h9-12,14-16,25H,13H2,1-8H3. The maximum Gasteiger partial charge on any atom is 0.0687 e. The molecule has 0 aliphatic heterocycles. The van der Waals surface area contributed by atoms with Crippen molar-refractivity contribution in [3.05, 3.63) is 57.6 Å². The van der Waals surface area contributed by atoms with Crippen molar-refractivity contribution in [2.75, 3.05) is 0 Å². The summed E-state index contributed by atoms with van der Waals surface area (Å²) in [5.41, 5.74) is 10.4. The first-order valence-corrected chi connectivity index (χ1v) is 9.57. The van der Waals surface area contributed by atoms with Crippen molar-refractivity contribution in [2.45, 2.75) is 79.8 Å². The van der Waals surface area contributed by atoms with Crippen molar-refractivity contribution < 1.29 is 5.11 Å². The molecular weight excluding hydrogens is 304 g/mol. The van der Waals surface area contributed by atoms with Gasteiger partial charge in [-0.1, -0.05) is 65.8 Å². The molecule has 0 aliphatic rings. The minimum atomic E-state index is 0.0808. The van der Waals surface area contributed by atoms with Crippen molar-refractivity contribution in [2.24, 2.45) is 0 Å². The molecule has 1 nitrogen and oxygen atoms in total. The zero-order chi connectivity index (χ0) is 18.9. The fourth-order valence-corrected chi connectivity index (χ4v) is 3.60. The summed E-state index contributed by atoms with van der Waals surface area (Å²) in [5, 5.41) is 10.00. The van der Waals surface area contributed by atoms with Crippen molar-refractivity contribution in [1.82, 2.24) is 0 Å². The first kappa shape index (κ1) is 19.7. The molecule has 0 atom stereocenters. The van der Waals surface area contributed by atoms with E-state index in [4.69, 9.17) is 0 Å². The van der Waals surface area contributed by atoms with Crippen LogP contribution in [0.2, 0.25) is 0 Å². The van der Waals surface area contributed by atoms with Gasteiger partial charge >= 0.3 is 0 Å². The van der Waals surface area contributed by atoms with Crippen LogP contribution >= 0.6 is 0 Å². The lowest BCUT2D eigenvalue weighted by atomic mass is 9.79. The maximum absolute atomic E-state index is 10.00. The first-order chi connectivity index (χ1) is 11.7. The highest BCUT2D eigenvalue weighted by Gasteiger charge is 2.22. The highest BCUT2D eigenvalue weighted by molar-refractivity contribution is 5.79. The van der Waals surface area contributed by atoms with Crippen LogP contribution in [-0.4, -0.2) is 5.11 Å². The van der Waals surface area contributed by atoms with Crippen molar-refractivity contribution >= 4 is 0 Å². The molecule has 0 bridgehead atoms. The van der Waals surface area contributed by atoms with E-state index in [0.717, 1.165) is 5.56 Å². The topological polar surface area (TPSA) is 20.2 Å². The molecule has 0 saturated heterocycles. The Morgan fingerprint density at radius 3 is 1.68 bits per heavy atom. The fraction of sp³-hybridized carbons (Fsp3) is 0.500. The van der Waals surface area contributed by atoms with E-state index >= 15 is 0 Å². The molecule has 25 heavy (non-hydrogen) atoms. The lowest BCUT2D eigenvalue weighted by Gasteiger charge is -2.26. The summed E-state index contributed by atoms with van der Waals surface area (Å²) in [4.78, 5) is 0. The van der Waals surface area contributed by atoms with Crippen LogP contribution in [-0.2, 0) is 6.61 Å². The smallest absolute Gasteiger partial charge is 0.0687 e. The molecular formula is C24H34O.